The maximum Gasteiger partial charge on any atom is 0.263 e. The first-order valence-electron chi connectivity index (χ1n) is 10.2. The Bertz CT molecular complexity index is 1180. The normalized spacial score (nSPS) is 16.5. The fraction of sp³-hybridized carbons (Fsp3) is 0.261. The molecule has 0 aliphatic carbocycles. The second kappa shape index (κ2) is 8.64. The molecule has 1 saturated heterocycles. The topological polar surface area (TPSA) is 75.4 Å². The van der Waals surface area contributed by atoms with E-state index in [1.807, 2.05) is 53.9 Å². The van der Waals surface area contributed by atoms with Gasteiger partial charge in [0.05, 0.1) is 27.6 Å². The van der Waals surface area contributed by atoms with Crippen LogP contribution in [-0.4, -0.2) is 34.8 Å². The van der Waals surface area contributed by atoms with Crippen LogP contribution in [0.15, 0.2) is 58.3 Å². The van der Waals surface area contributed by atoms with Gasteiger partial charge in [-0.15, -0.1) is 22.7 Å². The standard InChI is InChI=1S/C23H21N3O3S2/c27-21(15-5-3-11-26(14-15)23(28)20-8-4-12-30-20)24-13-16-9-10-18(29-16)22-25-17-6-1-2-7-19(17)31-22/h1-2,4,6-10,12,15H,3,5,11,13-14H2,(H,24,27). The molecule has 1 atom stereocenters. The van der Waals surface area contributed by atoms with Crippen LogP contribution in [0.2, 0.25) is 0 Å². The van der Waals surface area contributed by atoms with E-state index in [1.54, 1.807) is 16.2 Å². The van der Waals surface area contributed by atoms with Crippen molar-refractivity contribution in [3.8, 4) is 10.8 Å². The Balaban J connectivity index is 1.19. The number of furan rings is 1. The quantitative estimate of drug-likeness (QED) is 0.474. The van der Waals surface area contributed by atoms with Gasteiger partial charge in [0.15, 0.2) is 10.8 Å². The molecule has 1 unspecified atom stereocenters. The van der Waals surface area contributed by atoms with Crippen LogP contribution >= 0.6 is 22.7 Å². The van der Waals surface area contributed by atoms with Gasteiger partial charge in [-0.05, 0) is 48.6 Å². The van der Waals surface area contributed by atoms with Crippen molar-refractivity contribution < 1.29 is 14.0 Å². The van der Waals surface area contributed by atoms with Crippen LogP contribution in [0.1, 0.15) is 28.3 Å². The lowest BCUT2D eigenvalue weighted by atomic mass is 9.97. The number of hydrogen-bond acceptors (Lipinski definition) is 6. The number of nitrogens with one attached hydrogen (secondary N) is 1. The van der Waals surface area contributed by atoms with E-state index in [4.69, 9.17) is 4.42 Å². The molecule has 0 radical (unpaired) electrons. The number of nitrogens with zero attached hydrogens (tertiary/aromatic N) is 2. The van der Waals surface area contributed by atoms with E-state index >= 15 is 0 Å². The number of para-hydroxylation sites is 1. The van der Waals surface area contributed by atoms with E-state index in [1.165, 1.54) is 11.3 Å². The van der Waals surface area contributed by atoms with Crippen LogP contribution in [-0.2, 0) is 11.3 Å². The monoisotopic (exact) mass is 451 g/mol. The first-order chi connectivity index (χ1) is 15.2. The molecule has 1 aromatic carbocycles. The lowest BCUT2D eigenvalue weighted by Crippen LogP contribution is -2.45. The third-order valence-electron chi connectivity index (χ3n) is 5.41. The Morgan fingerprint density at radius 1 is 1.16 bits per heavy atom. The molecule has 31 heavy (non-hydrogen) atoms. The van der Waals surface area contributed by atoms with Gasteiger partial charge < -0.3 is 14.6 Å². The fourth-order valence-corrected chi connectivity index (χ4v) is 5.43. The fourth-order valence-electron chi connectivity index (χ4n) is 3.82. The third-order valence-corrected chi connectivity index (χ3v) is 7.32. The average Bonchev–Trinajstić information content (AvgIpc) is 3.57. The van der Waals surface area contributed by atoms with Crippen molar-refractivity contribution in [1.82, 2.24) is 15.2 Å². The molecule has 2 amide bonds. The van der Waals surface area contributed by atoms with Crippen LogP contribution in [0.4, 0.5) is 0 Å². The maximum atomic E-state index is 12.7. The highest BCUT2D eigenvalue weighted by Gasteiger charge is 2.29. The lowest BCUT2D eigenvalue weighted by molar-refractivity contribution is -0.126. The van der Waals surface area contributed by atoms with Crippen molar-refractivity contribution in [2.24, 2.45) is 5.92 Å². The van der Waals surface area contributed by atoms with Crippen LogP contribution < -0.4 is 5.32 Å². The Morgan fingerprint density at radius 3 is 2.90 bits per heavy atom. The van der Waals surface area contributed by atoms with Crippen molar-refractivity contribution in [3.63, 3.8) is 0 Å². The molecular formula is C23H21N3O3S2. The zero-order chi connectivity index (χ0) is 21.2. The Labute approximate surface area is 187 Å². The molecule has 1 N–H and O–H groups in total. The van der Waals surface area contributed by atoms with Gasteiger partial charge >= 0.3 is 0 Å². The largest absolute Gasteiger partial charge is 0.457 e. The molecule has 0 spiro atoms. The molecule has 4 heterocycles. The van der Waals surface area contributed by atoms with Gasteiger partial charge in [0.25, 0.3) is 5.91 Å². The second-order valence-corrected chi connectivity index (χ2v) is 9.52. The molecule has 0 bridgehead atoms. The number of amides is 2. The molecule has 1 aliphatic heterocycles. The zero-order valence-corrected chi connectivity index (χ0v) is 18.4. The molecule has 158 valence electrons. The van der Waals surface area contributed by atoms with Gasteiger partial charge in [-0.25, -0.2) is 4.98 Å². The van der Waals surface area contributed by atoms with E-state index in [-0.39, 0.29) is 17.7 Å². The number of thiazole rings is 1. The Hall–Kier alpha value is -2.97. The first kappa shape index (κ1) is 20.0. The maximum absolute atomic E-state index is 12.7. The molecule has 3 aromatic heterocycles. The number of rotatable bonds is 5. The average molecular weight is 452 g/mol. The minimum atomic E-state index is -0.198. The number of hydrogen-bond donors (Lipinski definition) is 1. The Kier molecular flexibility index (Phi) is 5.57. The van der Waals surface area contributed by atoms with Gasteiger partial charge in [-0.2, -0.15) is 0 Å². The minimum absolute atomic E-state index is 0.0130. The zero-order valence-electron chi connectivity index (χ0n) is 16.7. The number of fused-ring (bicyclic) bond motifs is 1. The highest BCUT2D eigenvalue weighted by Crippen LogP contribution is 2.31. The Morgan fingerprint density at radius 2 is 2.06 bits per heavy atom. The van der Waals surface area contributed by atoms with Crippen LogP contribution in [0.3, 0.4) is 0 Å². The van der Waals surface area contributed by atoms with Crippen molar-refractivity contribution in [1.29, 1.82) is 0 Å². The predicted molar refractivity (Wildman–Crippen MR) is 122 cm³/mol. The molecule has 6 nitrogen and oxygen atoms in total. The van der Waals surface area contributed by atoms with Gasteiger partial charge in [0, 0.05) is 13.1 Å². The smallest absolute Gasteiger partial charge is 0.263 e. The lowest BCUT2D eigenvalue weighted by Gasteiger charge is -2.31. The first-order valence-corrected chi connectivity index (χ1v) is 11.9. The third kappa shape index (κ3) is 4.26. The van der Waals surface area contributed by atoms with E-state index in [0.717, 1.165) is 32.9 Å². The summed E-state index contributed by atoms with van der Waals surface area (Å²) in [6, 6.07) is 15.4. The van der Waals surface area contributed by atoms with Gasteiger partial charge in [0.1, 0.15) is 5.76 Å². The number of aromatic nitrogens is 1. The summed E-state index contributed by atoms with van der Waals surface area (Å²) in [7, 11) is 0. The molecule has 0 saturated carbocycles. The predicted octanol–water partition coefficient (Wildman–Crippen LogP) is 4.79. The number of thiophene rings is 1. The number of carbonyl (C=O) groups is 2. The summed E-state index contributed by atoms with van der Waals surface area (Å²) >= 11 is 3.02. The van der Waals surface area contributed by atoms with Crippen LogP contribution in [0.25, 0.3) is 21.0 Å². The molecule has 1 fully saturated rings. The summed E-state index contributed by atoms with van der Waals surface area (Å²) in [5, 5.41) is 5.69. The van der Waals surface area contributed by atoms with Crippen molar-refractivity contribution >= 4 is 44.7 Å². The highest BCUT2D eigenvalue weighted by atomic mass is 32.1. The number of benzene rings is 1. The van der Waals surface area contributed by atoms with Gasteiger partial charge in [-0.1, -0.05) is 18.2 Å². The highest BCUT2D eigenvalue weighted by molar-refractivity contribution is 7.21. The van der Waals surface area contributed by atoms with Crippen molar-refractivity contribution in [2.45, 2.75) is 19.4 Å². The minimum Gasteiger partial charge on any atom is -0.457 e. The van der Waals surface area contributed by atoms with E-state index in [2.05, 4.69) is 10.3 Å². The molecular weight excluding hydrogens is 430 g/mol. The molecule has 4 aromatic rings. The molecule has 1 aliphatic rings. The van der Waals surface area contributed by atoms with E-state index in [9.17, 15) is 9.59 Å². The van der Waals surface area contributed by atoms with E-state index < -0.39 is 0 Å². The van der Waals surface area contributed by atoms with E-state index in [0.29, 0.717) is 31.2 Å². The number of likely N-dealkylation sites (tertiary alicyclic amines) is 1. The summed E-state index contributed by atoms with van der Waals surface area (Å²) < 4.78 is 7.03. The second-order valence-electron chi connectivity index (χ2n) is 7.54. The summed E-state index contributed by atoms with van der Waals surface area (Å²) in [6.45, 7) is 1.47. The summed E-state index contributed by atoms with van der Waals surface area (Å²) in [5.74, 6) is 1.16. The number of piperidine rings is 1. The van der Waals surface area contributed by atoms with Crippen molar-refractivity contribution in [3.05, 3.63) is 64.5 Å². The molecule has 5 rings (SSSR count). The summed E-state index contributed by atoms with van der Waals surface area (Å²) in [4.78, 5) is 32.4. The van der Waals surface area contributed by atoms with Gasteiger partial charge in [0.2, 0.25) is 5.91 Å². The van der Waals surface area contributed by atoms with Crippen molar-refractivity contribution in [2.75, 3.05) is 13.1 Å². The summed E-state index contributed by atoms with van der Waals surface area (Å²) in [5.41, 5.74) is 0.952. The molecule has 8 heteroatoms. The van der Waals surface area contributed by atoms with Gasteiger partial charge in [-0.3, -0.25) is 9.59 Å². The SMILES string of the molecule is O=C(NCc1ccc(-c2nc3ccccc3s2)o1)C1CCCN(C(=O)c2cccs2)C1. The summed E-state index contributed by atoms with van der Waals surface area (Å²) in [6.07, 6.45) is 1.62. The number of carbonyl (C=O) groups excluding carboxylic acids is 2. The van der Waals surface area contributed by atoms with Crippen LogP contribution in [0, 0.1) is 5.92 Å². The van der Waals surface area contributed by atoms with Crippen LogP contribution in [0.5, 0.6) is 0 Å².